The van der Waals surface area contributed by atoms with Crippen molar-refractivity contribution in [2.24, 2.45) is 7.05 Å². The Morgan fingerprint density at radius 3 is 2.36 bits per heavy atom. The van der Waals surface area contributed by atoms with Crippen LogP contribution in [-0.2, 0) is 23.1 Å². The molecule has 2 heterocycles. The monoisotopic (exact) mass is 385 g/mol. The fourth-order valence-corrected chi connectivity index (χ4v) is 3.29. The summed E-state index contributed by atoms with van der Waals surface area (Å²) < 4.78 is 6.79. The van der Waals surface area contributed by atoms with Gasteiger partial charge in [-0.1, -0.05) is 6.92 Å². The number of Topliss-reactive ketones (excluding diaryl/α,β-unsaturated/α-hetero) is 1. The molecule has 0 aliphatic rings. The van der Waals surface area contributed by atoms with Gasteiger partial charge in [-0.25, -0.2) is 4.79 Å². The molecule has 28 heavy (non-hydrogen) atoms. The number of pyridine rings is 1. The highest BCUT2D eigenvalue weighted by Crippen LogP contribution is 2.23. The Bertz CT molecular complexity index is 872. The van der Waals surface area contributed by atoms with Crippen molar-refractivity contribution in [2.75, 3.05) is 13.2 Å². The Labute approximate surface area is 165 Å². The number of amides is 1. The summed E-state index contributed by atoms with van der Waals surface area (Å²) in [5, 5.41) is 0. The van der Waals surface area contributed by atoms with Crippen LogP contribution in [-0.4, -0.2) is 45.3 Å². The molecule has 0 N–H and O–H groups in total. The molecule has 7 heteroatoms. The Morgan fingerprint density at radius 2 is 1.79 bits per heavy atom. The molecule has 0 bridgehead atoms. The van der Waals surface area contributed by atoms with Gasteiger partial charge in [0.05, 0.1) is 13.2 Å². The van der Waals surface area contributed by atoms with Gasteiger partial charge in [-0.05, 0) is 44.0 Å². The lowest BCUT2D eigenvalue weighted by Crippen LogP contribution is -2.35. The Balaban J connectivity index is 2.32. The zero-order valence-electron chi connectivity index (χ0n) is 17.1. The van der Waals surface area contributed by atoms with Gasteiger partial charge in [0.2, 0.25) is 5.91 Å². The zero-order chi connectivity index (χ0) is 20.8. The van der Waals surface area contributed by atoms with Crippen LogP contribution in [0.5, 0.6) is 0 Å². The summed E-state index contributed by atoms with van der Waals surface area (Å²) in [4.78, 5) is 43.3. The van der Waals surface area contributed by atoms with E-state index in [1.807, 2.05) is 12.1 Å². The van der Waals surface area contributed by atoms with E-state index in [2.05, 4.69) is 4.98 Å². The van der Waals surface area contributed by atoms with Crippen LogP contribution in [0.3, 0.4) is 0 Å². The van der Waals surface area contributed by atoms with E-state index in [1.54, 1.807) is 51.7 Å². The second-order valence-corrected chi connectivity index (χ2v) is 6.60. The normalized spacial score (nSPS) is 10.6. The molecule has 7 nitrogen and oxygen atoms in total. The summed E-state index contributed by atoms with van der Waals surface area (Å²) in [6.45, 7) is 7.57. The second kappa shape index (κ2) is 9.30. The largest absolute Gasteiger partial charge is 0.461 e. The highest BCUT2D eigenvalue weighted by Gasteiger charge is 2.27. The maximum Gasteiger partial charge on any atom is 0.355 e. The van der Waals surface area contributed by atoms with Crippen molar-refractivity contribution >= 4 is 17.7 Å². The van der Waals surface area contributed by atoms with Gasteiger partial charge < -0.3 is 14.2 Å². The van der Waals surface area contributed by atoms with Crippen molar-refractivity contribution in [3.63, 3.8) is 0 Å². The predicted octanol–water partition coefficient (Wildman–Crippen LogP) is 2.84. The highest BCUT2D eigenvalue weighted by molar-refractivity contribution is 6.04. The van der Waals surface area contributed by atoms with Gasteiger partial charge in [0.25, 0.3) is 0 Å². The third-order valence-electron chi connectivity index (χ3n) is 4.79. The quantitative estimate of drug-likeness (QED) is 0.515. The maximum atomic E-state index is 13.1. The number of hydrogen-bond donors (Lipinski definition) is 0. The number of hydrogen-bond acceptors (Lipinski definition) is 5. The molecule has 1 amide bonds. The third kappa shape index (κ3) is 4.47. The van der Waals surface area contributed by atoms with Crippen molar-refractivity contribution in [3.8, 4) is 0 Å². The Morgan fingerprint density at radius 1 is 1.14 bits per heavy atom. The zero-order valence-corrected chi connectivity index (χ0v) is 17.1. The van der Waals surface area contributed by atoms with E-state index >= 15 is 0 Å². The van der Waals surface area contributed by atoms with E-state index in [0.717, 1.165) is 5.56 Å². The number of aromatic nitrogens is 2. The van der Waals surface area contributed by atoms with Crippen molar-refractivity contribution in [1.29, 1.82) is 0 Å². The van der Waals surface area contributed by atoms with Gasteiger partial charge in [0.15, 0.2) is 5.78 Å². The predicted molar refractivity (Wildman–Crippen MR) is 105 cm³/mol. The molecule has 0 saturated heterocycles. The Kier molecular flexibility index (Phi) is 7.09. The summed E-state index contributed by atoms with van der Waals surface area (Å²) in [5.41, 5.74) is 2.99. The first-order chi connectivity index (χ1) is 13.3. The molecule has 150 valence electrons. The SMILES string of the molecule is CCOC(=O)c1c(C)c(C(=O)CN(Cc2ccncc2)C(=O)CC)c(C)n1C. The molecule has 2 rings (SSSR count). The number of carbonyl (C=O) groups excluding carboxylic acids is 3. The van der Waals surface area contributed by atoms with Crippen LogP contribution >= 0.6 is 0 Å². The number of rotatable bonds is 8. The van der Waals surface area contributed by atoms with Crippen molar-refractivity contribution in [3.05, 3.63) is 52.6 Å². The van der Waals surface area contributed by atoms with E-state index in [9.17, 15) is 14.4 Å². The molecule has 0 aliphatic carbocycles. The molecule has 0 aliphatic heterocycles. The van der Waals surface area contributed by atoms with Gasteiger partial charge >= 0.3 is 5.97 Å². The van der Waals surface area contributed by atoms with Crippen LogP contribution in [0, 0.1) is 13.8 Å². The average Bonchev–Trinajstić information content (AvgIpc) is 2.90. The number of nitrogens with zero attached hydrogens (tertiary/aromatic N) is 3. The molecular formula is C21H27N3O4. The lowest BCUT2D eigenvalue weighted by molar-refractivity contribution is -0.131. The Hall–Kier alpha value is -2.96. The first-order valence-electron chi connectivity index (χ1n) is 9.34. The molecule has 2 aromatic heterocycles. The van der Waals surface area contributed by atoms with Gasteiger partial charge in [0.1, 0.15) is 5.69 Å². The summed E-state index contributed by atoms with van der Waals surface area (Å²) in [6.07, 6.45) is 3.62. The first kappa shape index (κ1) is 21.3. The number of carbonyl (C=O) groups is 3. The van der Waals surface area contributed by atoms with E-state index in [4.69, 9.17) is 4.74 Å². The lowest BCUT2D eigenvalue weighted by atomic mass is 10.0. The molecule has 0 aromatic carbocycles. The van der Waals surface area contributed by atoms with E-state index in [0.29, 0.717) is 35.5 Å². The summed E-state index contributed by atoms with van der Waals surface area (Å²) in [6, 6.07) is 3.64. The molecule has 0 radical (unpaired) electrons. The minimum atomic E-state index is -0.456. The van der Waals surface area contributed by atoms with Crippen molar-refractivity contribution in [1.82, 2.24) is 14.5 Å². The minimum Gasteiger partial charge on any atom is -0.461 e. The molecular weight excluding hydrogens is 358 g/mol. The summed E-state index contributed by atoms with van der Waals surface area (Å²) in [7, 11) is 1.73. The lowest BCUT2D eigenvalue weighted by Gasteiger charge is -2.22. The van der Waals surface area contributed by atoms with Gasteiger partial charge in [0, 0.05) is 43.7 Å². The van der Waals surface area contributed by atoms with Gasteiger partial charge in [-0.2, -0.15) is 0 Å². The first-order valence-corrected chi connectivity index (χ1v) is 9.34. The van der Waals surface area contributed by atoms with Crippen molar-refractivity contribution < 1.29 is 19.1 Å². The van der Waals surface area contributed by atoms with Gasteiger partial charge in [-0.15, -0.1) is 0 Å². The minimum absolute atomic E-state index is 0.0526. The molecule has 0 fully saturated rings. The highest BCUT2D eigenvalue weighted by atomic mass is 16.5. The van der Waals surface area contributed by atoms with Crippen LogP contribution < -0.4 is 0 Å². The second-order valence-electron chi connectivity index (χ2n) is 6.60. The topological polar surface area (TPSA) is 81.5 Å². The fraction of sp³-hybridized carbons (Fsp3) is 0.429. The smallest absolute Gasteiger partial charge is 0.355 e. The summed E-state index contributed by atoms with van der Waals surface area (Å²) >= 11 is 0. The summed E-state index contributed by atoms with van der Waals surface area (Å²) in [5.74, 6) is -0.762. The van der Waals surface area contributed by atoms with Crippen LogP contribution in [0.25, 0.3) is 0 Å². The molecule has 0 spiro atoms. The van der Waals surface area contributed by atoms with E-state index in [1.165, 1.54) is 4.90 Å². The van der Waals surface area contributed by atoms with Crippen LogP contribution in [0.2, 0.25) is 0 Å². The van der Waals surface area contributed by atoms with Crippen LogP contribution in [0.4, 0.5) is 0 Å². The average molecular weight is 385 g/mol. The van der Waals surface area contributed by atoms with Crippen molar-refractivity contribution in [2.45, 2.75) is 40.7 Å². The molecule has 0 unspecified atom stereocenters. The number of ether oxygens (including phenoxy) is 1. The standard InChI is InChI=1S/C21H27N3O4/c1-6-18(26)24(12-16-8-10-22-11-9-16)13-17(25)19-14(3)20(21(27)28-7-2)23(5)15(19)4/h8-11H,6-7,12-13H2,1-5H3. The molecule has 0 saturated carbocycles. The van der Waals surface area contributed by atoms with Crippen LogP contribution in [0.1, 0.15) is 57.9 Å². The third-order valence-corrected chi connectivity index (χ3v) is 4.79. The van der Waals surface area contributed by atoms with Crippen LogP contribution in [0.15, 0.2) is 24.5 Å². The van der Waals surface area contributed by atoms with Gasteiger partial charge in [-0.3, -0.25) is 14.6 Å². The maximum absolute atomic E-state index is 13.1. The molecule has 0 atom stereocenters. The van der Waals surface area contributed by atoms with E-state index in [-0.39, 0.29) is 24.8 Å². The molecule has 2 aromatic rings. The van der Waals surface area contributed by atoms with E-state index < -0.39 is 5.97 Å². The number of esters is 1. The fourth-order valence-electron chi connectivity index (χ4n) is 3.29. The number of ketones is 1.